The predicted molar refractivity (Wildman–Crippen MR) is 83.1 cm³/mol. The van der Waals surface area contributed by atoms with Crippen LogP contribution in [0.3, 0.4) is 0 Å². The van der Waals surface area contributed by atoms with Crippen molar-refractivity contribution in [1.29, 1.82) is 0 Å². The number of carbonyl (C=O) groups is 1. The molecule has 2 aromatic heterocycles. The van der Waals surface area contributed by atoms with E-state index >= 15 is 0 Å². The van der Waals surface area contributed by atoms with Crippen molar-refractivity contribution in [3.05, 3.63) is 65.1 Å². The highest BCUT2D eigenvalue weighted by Gasteiger charge is 2.24. The fourth-order valence-electron chi connectivity index (χ4n) is 2.52. The second-order valence-corrected chi connectivity index (χ2v) is 5.25. The third kappa shape index (κ3) is 1.92. The Balaban J connectivity index is 1.89. The molecular formula is C16H10ClN3O. The van der Waals surface area contributed by atoms with Crippen LogP contribution in [0.1, 0.15) is 11.3 Å². The van der Waals surface area contributed by atoms with Gasteiger partial charge in [-0.25, -0.2) is 4.98 Å². The monoisotopic (exact) mass is 295 g/mol. The maximum absolute atomic E-state index is 12.2. The summed E-state index contributed by atoms with van der Waals surface area (Å²) in [6.07, 6.45) is 5.52. The molecule has 0 radical (unpaired) electrons. The van der Waals surface area contributed by atoms with Crippen LogP contribution in [0.2, 0.25) is 5.02 Å². The molecule has 3 heterocycles. The van der Waals surface area contributed by atoms with Crippen LogP contribution in [0.15, 0.2) is 48.8 Å². The molecule has 3 aromatic rings. The molecule has 1 aliphatic rings. The largest absolute Gasteiger partial charge is 0.321 e. The van der Waals surface area contributed by atoms with Crippen molar-refractivity contribution in [2.45, 2.75) is 0 Å². The summed E-state index contributed by atoms with van der Waals surface area (Å²) in [5, 5.41) is 3.43. The first-order valence-electron chi connectivity index (χ1n) is 6.47. The Morgan fingerprint density at radius 1 is 1.24 bits per heavy atom. The van der Waals surface area contributed by atoms with E-state index in [0.29, 0.717) is 10.6 Å². The van der Waals surface area contributed by atoms with Gasteiger partial charge in [0.05, 0.1) is 23.2 Å². The van der Waals surface area contributed by atoms with Crippen molar-refractivity contribution >= 4 is 40.5 Å². The first kappa shape index (κ1) is 12.2. The number of amides is 1. The molecular weight excluding hydrogens is 286 g/mol. The number of nitrogens with one attached hydrogen (secondary N) is 1. The first-order valence-corrected chi connectivity index (χ1v) is 6.85. The lowest BCUT2D eigenvalue weighted by Gasteiger charge is -1.99. The Labute approximate surface area is 125 Å². The highest BCUT2D eigenvalue weighted by molar-refractivity contribution is 6.36. The van der Waals surface area contributed by atoms with Gasteiger partial charge in [-0.3, -0.25) is 4.79 Å². The summed E-state index contributed by atoms with van der Waals surface area (Å²) in [7, 11) is 0. The van der Waals surface area contributed by atoms with Gasteiger partial charge in [-0.05, 0) is 30.3 Å². The molecule has 0 fully saturated rings. The van der Waals surface area contributed by atoms with E-state index in [2.05, 4.69) is 10.3 Å². The first-order chi connectivity index (χ1) is 10.2. The molecule has 0 spiro atoms. The SMILES string of the molecule is O=C1Nc2cc(Cl)ccc2C1=Cc1cnc2ccccn12. The minimum atomic E-state index is -0.127. The molecule has 0 unspecified atom stereocenters. The molecule has 1 aliphatic heterocycles. The lowest BCUT2D eigenvalue weighted by Crippen LogP contribution is -2.03. The minimum absolute atomic E-state index is 0.127. The van der Waals surface area contributed by atoms with Crippen molar-refractivity contribution < 1.29 is 4.79 Å². The van der Waals surface area contributed by atoms with Crippen LogP contribution in [0.5, 0.6) is 0 Å². The molecule has 0 saturated carbocycles. The number of carbonyl (C=O) groups excluding carboxylic acids is 1. The zero-order valence-electron chi connectivity index (χ0n) is 10.9. The molecule has 4 rings (SSSR count). The van der Waals surface area contributed by atoms with E-state index in [0.717, 1.165) is 22.6 Å². The highest BCUT2D eigenvalue weighted by Crippen LogP contribution is 2.34. The van der Waals surface area contributed by atoms with Crippen LogP contribution in [0.25, 0.3) is 17.3 Å². The number of fused-ring (bicyclic) bond motifs is 2. The van der Waals surface area contributed by atoms with E-state index in [1.165, 1.54) is 0 Å². The third-order valence-corrected chi connectivity index (χ3v) is 3.74. The van der Waals surface area contributed by atoms with Crippen LogP contribution in [-0.2, 0) is 4.79 Å². The van der Waals surface area contributed by atoms with Crippen LogP contribution in [0, 0.1) is 0 Å². The van der Waals surface area contributed by atoms with E-state index < -0.39 is 0 Å². The average molecular weight is 296 g/mol. The fraction of sp³-hybridized carbons (Fsp3) is 0. The van der Waals surface area contributed by atoms with Crippen molar-refractivity contribution in [1.82, 2.24) is 9.38 Å². The highest BCUT2D eigenvalue weighted by atomic mass is 35.5. The maximum atomic E-state index is 12.2. The van der Waals surface area contributed by atoms with Gasteiger partial charge in [0.15, 0.2) is 0 Å². The van der Waals surface area contributed by atoms with Crippen molar-refractivity contribution in [2.24, 2.45) is 0 Å². The van der Waals surface area contributed by atoms with Gasteiger partial charge in [-0.15, -0.1) is 0 Å². The van der Waals surface area contributed by atoms with E-state index in [1.807, 2.05) is 40.9 Å². The molecule has 0 saturated heterocycles. The van der Waals surface area contributed by atoms with E-state index in [1.54, 1.807) is 18.3 Å². The summed E-state index contributed by atoms with van der Waals surface area (Å²) in [5.41, 5.74) is 3.92. The third-order valence-electron chi connectivity index (χ3n) is 3.50. The summed E-state index contributed by atoms with van der Waals surface area (Å²) >= 11 is 5.95. The maximum Gasteiger partial charge on any atom is 0.256 e. The van der Waals surface area contributed by atoms with Gasteiger partial charge >= 0.3 is 0 Å². The summed E-state index contributed by atoms with van der Waals surface area (Å²) in [6.45, 7) is 0. The molecule has 21 heavy (non-hydrogen) atoms. The molecule has 1 amide bonds. The lowest BCUT2D eigenvalue weighted by molar-refractivity contribution is -0.110. The van der Waals surface area contributed by atoms with E-state index in [4.69, 9.17) is 11.6 Å². The molecule has 1 aromatic carbocycles. The Bertz CT molecular complexity index is 911. The number of rotatable bonds is 1. The van der Waals surface area contributed by atoms with Gasteiger partial charge in [-0.1, -0.05) is 23.7 Å². The smallest absolute Gasteiger partial charge is 0.256 e. The molecule has 0 atom stereocenters. The van der Waals surface area contributed by atoms with Gasteiger partial charge in [0, 0.05) is 16.8 Å². The van der Waals surface area contributed by atoms with Crippen LogP contribution >= 0.6 is 11.6 Å². The summed E-state index contributed by atoms with van der Waals surface area (Å²) in [4.78, 5) is 16.5. The standard InChI is InChI=1S/C16H10ClN3O/c17-10-4-5-12-13(16(21)19-14(12)7-10)8-11-9-18-15-3-1-2-6-20(11)15/h1-9H,(H,19,21). The zero-order chi connectivity index (χ0) is 14.4. The topological polar surface area (TPSA) is 46.4 Å². The number of halogens is 1. The Morgan fingerprint density at radius 2 is 2.14 bits per heavy atom. The molecule has 102 valence electrons. The molecule has 0 bridgehead atoms. The van der Waals surface area contributed by atoms with Gasteiger partial charge in [0.2, 0.25) is 0 Å². The number of aromatic nitrogens is 2. The number of anilines is 1. The van der Waals surface area contributed by atoms with Crippen molar-refractivity contribution in [3.8, 4) is 0 Å². The number of pyridine rings is 1. The quantitative estimate of drug-likeness (QED) is 0.699. The van der Waals surface area contributed by atoms with E-state index in [-0.39, 0.29) is 5.91 Å². The number of nitrogens with zero attached hydrogens (tertiary/aromatic N) is 2. The number of hydrogen-bond acceptors (Lipinski definition) is 2. The normalized spacial score (nSPS) is 15.5. The number of benzene rings is 1. The second kappa shape index (κ2) is 4.46. The van der Waals surface area contributed by atoms with Gasteiger partial charge in [-0.2, -0.15) is 0 Å². The van der Waals surface area contributed by atoms with Crippen LogP contribution in [-0.4, -0.2) is 15.3 Å². The Morgan fingerprint density at radius 3 is 3.05 bits per heavy atom. The molecule has 1 N–H and O–H groups in total. The number of hydrogen-bond donors (Lipinski definition) is 1. The predicted octanol–water partition coefficient (Wildman–Crippen LogP) is 3.48. The number of imidazole rings is 1. The summed E-state index contributed by atoms with van der Waals surface area (Å²) in [6, 6.07) is 11.2. The molecule has 0 aliphatic carbocycles. The summed E-state index contributed by atoms with van der Waals surface area (Å²) in [5.74, 6) is -0.127. The van der Waals surface area contributed by atoms with Crippen LogP contribution < -0.4 is 5.32 Å². The Hall–Kier alpha value is -2.59. The van der Waals surface area contributed by atoms with Crippen LogP contribution in [0.4, 0.5) is 5.69 Å². The molecule has 5 heteroatoms. The zero-order valence-corrected chi connectivity index (χ0v) is 11.6. The fourth-order valence-corrected chi connectivity index (χ4v) is 2.69. The second-order valence-electron chi connectivity index (χ2n) is 4.81. The van der Waals surface area contributed by atoms with Gasteiger partial charge < -0.3 is 9.72 Å². The lowest BCUT2D eigenvalue weighted by atomic mass is 10.1. The van der Waals surface area contributed by atoms with E-state index in [9.17, 15) is 4.79 Å². The van der Waals surface area contributed by atoms with Crippen molar-refractivity contribution in [2.75, 3.05) is 5.32 Å². The van der Waals surface area contributed by atoms with Gasteiger partial charge in [0.1, 0.15) is 5.65 Å². The Kier molecular flexibility index (Phi) is 2.59. The average Bonchev–Trinajstić information content (AvgIpc) is 3.01. The minimum Gasteiger partial charge on any atom is -0.321 e. The van der Waals surface area contributed by atoms with Crippen molar-refractivity contribution in [3.63, 3.8) is 0 Å². The van der Waals surface area contributed by atoms with Gasteiger partial charge in [0.25, 0.3) is 5.91 Å². The molecule has 4 nitrogen and oxygen atoms in total. The summed E-state index contributed by atoms with van der Waals surface area (Å²) < 4.78 is 1.94.